The molecule has 0 fully saturated rings. The van der Waals surface area contributed by atoms with Crippen LogP contribution in [0.4, 0.5) is 0 Å². The molecule has 2 N–H and O–H groups in total. The van der Waals surface area contributed by atoms with Crippen molar-refractivity contribution < 1.29 is 24.3 Å². The minimum Gasteiger partial charge on any atom is -0.504 e. The maximum atomic E-state index is 10.9. The molecule has 0 unspecified atom stereocenters. The molecule has 0 aliphatic heterocycles. The highest BCUT2D eigenvalue weighted by Crippen LogP contribution is 2.40. The summed E-state index contributed by atoms with van der Waals surface area (Å²) in [4.78, 5) is 10.9. The number of benzene rings is 1. The number of hydrogen-bond donors (Lipinski definition) is 2. The summed E-state index contributed by atoms with van der Waals surface area (Å²) < 4.78 is 9.91. The van der Waals surface area contributed by atoms with Crippen LogP contribution in [0.1, 0.15) is 36.9 Å². The topological polar surface area (TPSA) is 92.8 Å². The van der Waals surface area contributed by atoms with E-state index in [0.717, 1.165) is 5.56 Å². The second kappa shape index (κ2) is 5.12. The zero-order chi connectivity index (χ0) is 15.8. The first kappa shape index (κ1) is 14.9. The third kappa shape index (κ3) is 2.84. The lowest BCUT2D eigenvalue weighted by atomic mass is 9.85. The van der Waals surface area contributed by atoms with Crippen LogP contribution < -0.4 is 4.74 Å². The molecule has 112 valence electrons. The third-order valence-electron chi connectivity index (χ3n) is 3.16. The van der Waals surface area contributed by atoms with Gasteiger partial charge in [-0.1, -0.05) is 25.9 Å². The Bertz CT molecular complexity index is 682. The average molecular weight is 291 g/mol. The summed E-state index contributed by atoms with van der Waals surface area (Å²) in [5, 5.41) is 22.8. The Balaban J connectivity index is 2.63. The fraction of sp³-hybridized carbons (Fsp3) is 0.333. The molecule has 6 nitrogen and oxygen atoms in total. The van der Waals surface area contributed by atoms with Gasteiger partial charge in [-0.2, -0.15) is 0 Å². The Hall–Kier alpha value is -2.50. The molecule has 1 aromatic carbocycles. The van der Waals surface area contributed by atoms with Crippen LogP contribution in [0.3, 0.4) is 0 Å². The lowest BCUT2D eigenvalue weighted by Gasteiger charge is -2.21. The molecule has 1 heterocycles. The maximum absolute atomic E-state index is 10.9. The number of carboxylic acid groups (broad SMARTS) is 1. The predicted octanol–water partition coefficient (Wildman–Crippen LogP) is 3.05. The first-order valence-electron chi connectivity index (χ1n) is 6.36. The second-order valence-electron chi connectivity index (χ2n) is 5.71. The average Bonchev–Trinajstić information content (AvgIpc) is 2.87. The first-order chi connectivity index (χ1) is 9.74. The van der Waals surface area contributed by atoms with Crippen molar-refractivity contribution in [3.63, 3.8) is 0 Å². The van der Waals surface area contributed by atoms with E-state index in [2.05, 4.69) is 5.16 Å². The third-order valence-corrected chi connectivity index (χ3v) is 3.16. The number of rotatable bonds is 3. The second-order valence-corrected chi connectivity index (χ2v) is 5.71. The Morgan fingerprint density at radius 1 is 1.29 bits per heavy atom. The number of ether oxygens (including phenoxy) is 1. The van der Waals surface area contributed by atoms with Crippen LogP contribution in [0, 0.1) is 0 Å². The molecular weight excluding hydrogens is 274 g/mol. The highest BCUT2D eigenvalue weighted by atomic mass is 16.5. The molecule has 0 aliphatic carbocycles. The van der Waals surface area contributed by atoms with Crippen LogP contribution in [0.2, 0.25) is 0 Å². The van der Waals surface area contributed by atoms with Crippen molar-refractivity contribution in [2.45, 2.75) is 26.2 Å². The van der Waals surface area contributed by atoms with Gasteiger partial charge in [0.1, 0.15) is 5.69 Å². The number of methoxy groups -OCH3 is 1. The normalized spacial score (nSPS) is 11.4. The number of nitrogens with zero attached hydrogens (tertiary/aromatic N) is 1. The molecule has 0 saturated heterocycles. The zero-order valence-corrected chi connectivity index (χ0v) is 12.3. The van der Waals surface area contributed by atoms with Gasteiger partial charge in [-0.3, -0.25) is 0 Å². The summed E-state index contributed by atoms with van der Waals surface area (Å²) in [7, 11) is 1.46. The van der Waals surface area contributed by atoms with Crippen molar-refractivity contribution in [3.8, 4) is 22.8 Å². The van der Waals surface area contributed by atoms with E-state index in [-0.39, 0.29) is 22.6 Å². The van der Waals surface area contributed by atoms with Crippen molar-refractivity contribution in [2.24, 2.45) is 0 Å². The summed E-state index contributed by atoms with van der Waals surface area (Å²) in [5.74, 6) is -1.30. The van der Waals surface area contributed by atoms with Crippen LogP contribution in [0.25, 0.3) is 11.3 Å². The van der Waals surface area contributed by atoms with E-state index in [9.17, 15) is 9.90 Å². The van der Waals surface area contributed by atoms with Gasteiger partial charge in [0.15, 0.2) is 11.5 Å². The van der Waals surface area contributed by atoms with Crippen LogP contribution in [-0.2, 0) is 5.41 Å². The zero-order valence-electron chi connectivity index (χ0n) is 12.3. The van der Waals surface area contributed by atoms with Gasteiger partial charge in [-0.05, 0) is 23.1 Å². The molecule has 0 radical (unpaired) electrons. The highest BCUT2D eigenvalue weighted by molar-refractivity contribution is 5.86. The fourth-order valence-corrected chi connectivity index (χ4v) is 1.89. The Kier molecular flexibility index (Phi) is 3.63. The molecule has 0 amide bonds. The van der Waals surface area contributed by atoms with Crippen molar-refractivity contribution in [1.82, 2.24) is 5.16 Å². The summed E-state index contributed by atoms with van der Waals surface area (Å²) >= 11 is 0. The number of carboxylic acids is 1. The van der Waals surface area contributed by atoms with Crippen molar-refractivity contribution in [2.75, 3.05) is 7.11 Å². The number of carbonyl (C=O) groups is 1. The summed E-state index contributed by atoms with van der Waals surface area (Å²) in [6.45, 7) is 6.07. The molecule has 21 heavy (non-hydrogen) atoms. The first-order valence-corrected chi connectivity index (χ1v) is 6.36. The van der Waals surface area contributed by atoms with E-state index < -0.39 is 5.97 Å². The lowest BCUT2D eigenvalue weighted by molar-refractivity contribution is 0.0652. The maximum Gasteiger partial charge on any atom is 0.374 e. The lowest BCUT2D eigenvalue weighted by Crippen LogP contribution is -2.11. The summed E-state index contributed by atoms with van der Waals surface area (Å²) in [5.41, 5.74) is 1.37. The quantitative estimate of drug-likeness (QED) is 0.902. The van der Waals surface area contributed by atoms with Gasteiger partial charge < -0.3 is 19.5 Å². The number of phenolic OH excluding ortho intramolecular Hbond substituents is 1. The smallest absolute Gasteiger partial charge is 0.374 e. The number of hydrogen-bond acceptors (Lipinski definition) is 5. The van der Waals surface area contributed by atoms with Crippen molar-refractivity contribution in [3.05, 3.63) is 29.5 Å². The van der Waals surface area contributed by atoms with Gasteiger partial charge in [0.05, 0.1) is 7.11 Å². The molecule has 0 atom stereocenters. The van der Waals surface area contributed by atoms with Gasteiger partial charge in [-0.15, -0.1) is 0 Å². The van der Waals surface area contributed by atoms with Crippen LogP contribution in [-0.4, -0.2) is 28.4 Å². The van der Waals surface area contributed by atoms with E-state index >= 15 is 0 Å². The van der Waals surface area contributed by atoms with Gasteiger partial charge in [-0.25, -0.2) is 4.79 Å². The van der Waals surface area contributed by atoms with Gasteiger partial charge >= 0.3 is 5.97 Å². The molecular formula is C15H17NO5. The number of phenols is 1. The molecule has 6 heteroatoms. The van der Waals surface area contributed by atoms with Crippen molar-refractivity contribution in [1.29, 1.82) is 0 Å². The van der Waals surface area contributed by atoms with E-state index in [4.69, 9.17) is 14.4 Å². The SMILES string of the molecule is COc1cc(C(C)(C)C)cc(-c2cc(C(=O)O)on2)c1O. The minimum absolute atomic E-state index is 0.101. The fourth-order valence-electron chi connectivity index (χ4n) is 1.89. The largest absolute Gasteiger partial charge is 0.504 e. The molecule has 0 aliphatic rings. The summed E-state index contributed by atoms with van der Waals surface area (Å²) in [6, 6.07) is 4.77. The Morgan fingerprint density at radius 2 is 1.95 bits per heavy atom. The van der Waals surface area contributed by atoms with Crippen molar-refractivity contribution >= 4 is 5.97 Å². The molecule has 1 aromatic heterocycles. The highest BCUT2D eigenvalue weighted by Gasteiger charge is 2.22. The van der Waals surface area contributed by atoms with E-state index in [1.165, 1.54) is 13.2 Å². The molecule has 0 saturated carbocycles. The van der Waals surface area contributed by atoms with Crippen LogP contribution in [0.5, 0.6) is 11.5 Å². The molecule has 2 aromatic rings. The number of aromatic nitrogens is 1. The summed E-state index contributed by atoms with van der Waals surface area (Å²) in [6.07, 6.45) is 0. The van der Waals surface area contributed by atoms with Crippen LogP contribution >= 0.6 is 0 Å². The number of aromatic hydroxyl groups is 1. The van der Waals surface area contributed by atoms with E-state index in [1.807, 2.05) is 20.8 Å². The monoisotopic (exact) mass is 291 g/mol. The van der Waals surface area contributed by atoms with Crippen LogP contribution in [0.15, 0.2) is 22.7 Å². The Labute approximate surface area is 122 Å². The molecule has 2 rings (SSSR count). The van der Waals surface area contributed by atoms with Gasteiger partial charge in [0, 0.05) is 11.6 Å². The standard InChI is InChI=1S/C15H17NO5/c1-15(2,3)8-5-9(13(17)11(6-8)20-4)10-7-12(14(18)19)21-16-10/h5-7,17H,1-4H3,(H,18,19). The van der Waals surface area contributed by atoms with E-state index in [0.29, 0.717) is 11.3 Å². The van der Waals surface area contributed by atoms with E-state index in [1.54, 1.807) is 12.1 Å². The van der Waals surface area contributed by atoms with Gasteiger partial charge in [0.2, 0.25) is 5.76 Å². The Morgan fingerprint density at radius 3 is 2.43 bits per heavy atom. The predicted molar refractivity (Wildman–Crippen MR) is 75.8 cm³/mol. The number of aromatic carboxylic acids is 1. The minimum atomic E-state index is -1.22. The molecule has 0 spiro atoms. The van der Waals surface area contributed by atoms with Gasteiger partial charge in [0.25, 0.3) is 0 Å². The molecule has 0 bridgehead atoms.